The Labute approximate surface area is 209 Å². The number of nitrogens with zero attached hydrogens (tertiary/aromatic N) is 6. The number of rotatable bonds is 7. The van der Waals surface area contributed by atoms with Crippen molar-refractivity contribution in [2.24, 2.45) is 0 Å². The van der Waals surface area contributed by atoms with Gasteiger partial charge in [0.25, 0.3) is 5.91 Å². The van der Waals surface area contributed by atoms with Crippen molar-refractivity contribution < 1.29 is 4.79 Å². The van der Waals surface area contributed by atoms with Crippen molar-refractivity contribution in [1.82, 2.24) is 29.6 Å². The molecule has 0 fully saturated rings. The first-order valence-electron chi connectivity index (χ1n) is 11.8. The molecule has 0 saturated heterocycles. The number of anilines is 1. The van der Waals surface area contributed by atoms with Crippen molar-refractivity contribution in [3.8, 4) is 5.69 Å². The van der Waals surface area contributed by atoms with Crippen molar-refractivity contribution in [2.45, 2.75) is 33.4 Å². The average molecular weight is 478 g/mol. The Morgan fingerprint density at radius 3 is 2.67 bits per heavy atom. The van der Waals surface area contributed by atoms with Crippen LogP contribution in [-0.4, -0.2) is 35.5 Å². The zero-order chi connectivity index (χ0) is 25.1. The van der Waals surface area contributed by atoms with Gasteiger partial charge in [-0.1, -0.05) is 25.1 Å². The summed E-state index contributed by atoms with van der Waals surface area (Å²) in [6.45, 7) is 4.80. The minimum atomic E-state index is -0.0843. The van der Waals surface area contributed by atoms with Gasteiger partial charge in [0.2, 0.25) is 0 Å². The van der Waals surface area contributed by atoms with Gasteiger partial charge in [-0.3, -0.25) is 9.78 Å². The van der Waals surface area contributed by atoms with E-state index in [1.807, 2.05) is 66.6 Å². The number of nitrogen functional groups attached to an aromatic ring is 1. The first kappa shape index (κ1) is 23.2. The Balaban J connectivity index is 1.48. The van der Waals surface area contributed by atoms with Crippen molar-refractivity contribution in [2.75, 3.05) is 5.73 Å². The molecular formula is C28H27N7O. The number of pyridine rings is 2. The van der Waals surface area contributed by atoms with Gasteiger partial charge in [-0.05, 0) is 72.5 Å². The molecule has 0 aliphatic carbocycles. The van der Waals surface area contributed by atoms with Crippen LogP contribution in [0.3, 0.4) is 0 Å². The highest BCUT2D eigenvalue weighted by atomic mass is 16.2. The lowest BCUT2D eigenvalue weighted by atomic mass is 10.1. The van der Waals surface area contributed by atoms with Crippen LogP contribution in [0, 0.1) is 6.92 Å². The van der Waals surface area contributed by atoms with Crippen LogP contribution in [0.25, 0.3) is 16.6 Å². The Kier molecular flexibility index (Phi) is 6.40. The molecule has 0 radical (unpaired) electrons. The van der Waals surface area contributed by atoms with E-state index in [1.165, 1.54) is 6.33 Å². The number of aryl methyl sites for hydroxylation is 2. The third kappa shape index (κ3) is 4.93. The molecule has 8 heteroatoms. The van der Waals surface area contributed by atoms with Crippen LogP contribution in [0.2, 0.25) is 0 Å². The molecule has 0 unspecified atom stereocenters. The number of hydrogen-bond donors (Lipinski definition) is 1. The van der Waals surface area contributed by atoms with Crippen molar-refractivity contribution in [3.63, 3.8) is 0 Å². The summed E-state index contributed by atoms with van der Waals surface area (Å²) < 4.78 is 1.70. The lowest BCUT2D eigenvalue weighted by molar-refractivity contribution is 0.0728. The molecule has 8 nitrogen and oxygen atoms in total. The van der Waals surface area contributed by atoms with Crippen LogP contribution in [0.1, 0.15) is 39.7 Å². The summed E-state index contributed by atoms with van der Waals surface area (Å²) in [7, 11) is 0. The van der Waals surface area contributed by atoms with E-state index in [2.05, 4.69) is 33.0 Å². The van der Waals surface area contributed by atoms with Crippen molar-refractivity contribution in [3.05, 3.63) is 107 Å². The second kappa shape index (κ2) is 9.95. The fourth-order valence-corrected chi connectivity index (χ4v) is 4.12. The molecule has 2 N–H and O–H groups in total. The maximum absolute atomic E-state index is 13.8. The Morgan fingerprint density at radius 2 is 1.92 bits per heavy atom. The molecule has 0 aliphatic rings. The second-order valence-corrected chi connectivity index (χ2v) is 8.78. The van der Waals surface area contributed by atoms with Gasteiger partial charge in [0, 0.05) is 23.7 Å². The number of carbonyl (C=O) groups is 1. The van der Waals surface area contributed by atoms with Crippen LogP contribution < -0.4 is 5.73 Å². The minimum Gasteiger partial charge on any atom is -0.383 e. The SMILES string of the molecule is CCc1ccc(CN(Cc2cccc(-n3cncn3)c2)C(=O)c2ccc3nc(N)c(C)cc3c2)nc1. The largest absolute Gasteiger partial charge is 0.383 e. The predicted octanol–water partition coefficient (Wildman–Crippen LogP) is 4.51. The summed E-state index contributed by atoms with van der Waals surface area (Å²) in [5, 5.41) is 5.10. The van der Waals surface area contributed by atoms with E-state index in [0.29, 0.717) is 24.5 Å². The van der Waals surface area contributed by atoms with Gasteiger partial charge < -0.3 is 10.6 Å². The van der Waals surface area contributed by atoms with E-state index >= 15 is 0 Å². The number of hydrogen-bond acceptors (Lipinski definition) is 6. The van der Waals surface area contributed by atoms with E-state index in [1.54, 1.807) is 17.1 Å². The lowest BCUT2D eigenvalue weighted by Crippen LogP contribution is -2.30. The van der Waals surface area contributed by atoms with Gasteiger partial charge in [-0.15, -0.1) is 0 Å². The quantitative estimate of drug-likeness (QED) is 0.370. The molecule has 0 saturated carbocycles. The monoisotopic (exact) mass is 477 g/mol. The number of benzene rings is 2. The Morgan fingerprint density at radius 1 is 1.03 bits per heavy atom. The maximum atomic E-state index is 13.8. The molecular weight excluding hydrogens is 450 g/mol. The highest BCUT2D eigenvalue weighted by Gasteiger charge is 2.19. The normalized spacial score (nSPS) is 11.1. The van der Waals surface area contributed by atoms with E-state index in [4.69, 9.17) is 5.73 Å². The summed E-state index contributed by atoms with van der Waals surface area (Å²) in [6, 6.07) is 19.5. The molecule has 0 aliphatic heterocycles. The lowest BCUT2D eigenvalue weighted by Gasteiger charge is -2.23. The first-order chi connectivity index (χ1) is 17.5. The summed E-state index contributed by atoms with van der Waals surface area (Å²) in [5.74, 6) is 0.413. The molecule has 0 spiro atoms. The van der Waals surface area contributed by atoms with Gasteiger partial charge in [-0.25, -0.2) is 14.6 Å². The summed E-state index contributed by atoms with van der Waals surface area (Å²) >= 11 is 0. The van der Waals surface area contributed by atoms with Crippen LogP contribution in [0.5, 0.6) is 0 Å². The van der Waals surface area contributed by atoms with Crippen LogP contribution in [0.4, 0.5) is 5.82 Å². The highest BCUT2D eigenvalue weighted by molar-refractivity contribution is 5.98. The topological polar surface area (TPSA) is 103 Å². The first-order valence-corrected chi connectivity index (χ1v) is 11.8. The third-order valence-electron chi connectivity index (χ3n) is 6.19. The molecule has 5 aromatic rings. The summed E-state index contributed by atoms with van der Waals surface area (Å²) in [5.41, 5.74) is 12.1. The van der Waals surface area contributed by atoms with Gasteiger partial charge in [-0.2, -0.15) is 5.10 Å². The zero-order valence-corrected chi connectivity index (χ0v) is 20.3. The van der Waals surface area contributed by atoms with Crippen LogP contribution >= 0.6 is 0 Å². The van der Waals surface area contributed by atoms with Gasteiger partial charge in [0.05, 0.1) is 23.4 Å². The number of amides is 1. The molecule has 180 valence electrons. The molecule has 3 heterocycles. The van der Waals surface area contributed by atoms with E-state index in [9.17, 15) is 4.79 Å². The van der Waals surface area contributed by atoms with Crippen LogP contribution in [-0.2, 0) is 19.5 Å². The molecule has 3 aromatic heterocycles. The van der Waals surface area contributed by atoms with E-state index in [-0.39, 0.29) is 5.91 Å². The fraction of sp³-hybridized carbons (Fsp3) is 0.179. The smallest absolute Gasteiger partial charge is 0.254 e. The summed E-state index contributed by atoms with van der Waals surface area (Å²) in [6.07, 6.45) is 5.94. The summed E-state index contributed by atoms with van der Waals surface area (Å²) in [4.78, 5) is 28.7. The minimum absolute atomic E-state index is 0.0843. The van der Waals surface area contributed by atoms with Crippen molar-refractivity contribution in [1.29, 1.82) is 0 Å². The van der Waals surface area contributed by atoms with E-state index < -0.39 is 0 Å². The molecule has 5 rings (SSSR count). The van der Waals surface area contributed by atoms with Gasteiger partial charge in [0.1, 0.15) is 18.5 Å². The molecule has 0 bridgehead atoms. The Bertz CT molecular complexity index is 1510. The maximum Gasteiger partial charge on any atom is 0.254 e. The molecule has 2 aromatic carbocycles. The second-order valence-electron chi connectivity index (χ2n) is 8.78. The average Bonchev–Trinajstić information content (AvgIpc) is 3.44. The third-order valence-corrected chi connectivity index (χ3v) is 6.19. The fourth-order valence-electron chi connectivity index (χ4n) is 4.12. The predicted molar refractivity (Wildman–Crippen MR) is 139 cm³/mol. The molecule has 36 heavy (non-hydrogen) atoms. The standard InChI is InChI=1S/C28H27N7O/c1-3-20-7-9-24(31-14-20)16-34(15-21-5-4-6-25(12-21)35-18-30-17-32-35)28(36)22-8-10-26-23(13-22)11-19(2)27(29)33-26/h4-14,17-18H,3,15-16H2,1-2H3,(H2,29,33). The molecule has 1 amide bonds. The zero-order valence-electron chi connectivity index (χ0n) is 20.3. The van der Waals surface area contributed by atoms with Gasteiger partial charge >= 0.3 is 0 Å². The van der Waals surface area contributed by atoms with Crippen LogP contribution in [0.15, 0.2) is 79.5 Å². The number of aromatic nitrogens is 5. The van der Waals surface area contributed by atoms with E-state index in [0.717, 1.165) is 45.4 Å². The number of fused-ring (bicyclic) bond motifs is 1. The number of carbonyl (C=O) groups excluding carboxylic acids is 1. The Hall–Kier alpha value is -4.59. The number of nitrogens with two attached hydrogens (primary N) is 1. The highest BCUT2D eigenvalue weighted by Crippen LogP contribution is 2.22. The van der Waals surface area contributed by atoms with Crippen molar-refractivity contribution >= 4 is 22.6 Å². The van der Waals surface area contributed by atoms with Gasteiger partial charge in [0.15, 0.2) is 0 Å². The molecule has 0 atom stereocenters.